The van der Waals surface area contributed by atoms with Crippen molar-refractivity contribution in [1.29, 1.82) is 0 Å². The number of hydrogen-bond donors (Lipinski definition) is 1. The number of amides is 1. The van der Waals surface area contributed by atoms with E-state index in [0.717, 1.165) is 4.90 Å². The van der Waals surface area contributed by atoms with Gasteiger partial charge in [-0.15, -0.1) is 0 Å². The van der Waals surface area contributed by atoms with Crippen molar-refractivity contribution in [2.45, 2.75) is 26.0 Å². The van der Waals surface area contributed by atoms with Gasteiger partial charge >= 0.3 is 5.97 Å². The van der Waals surface area contributed by atoms with Gasteiger partial charge in [-0.3, -0.25) is 4.79 Å². The Balaban J connectivity index is 2.10. The normalized spacial score (nSPS) is 11.2. The fourth-order valence-corrected chi connectivity index (χ4v) is 2.32. The lowest BCUT2D eigenvalue weighted by atomic mass is 10.0. The molecule has 0 fully saturated rings. The first kappa shape index (κ1) is 19.1. The van der Waals surface area contributed by atoms with E-state index in [9.17, 15) is 14.7 Å². The van der Waals surface area contributed by atoms with Crippen molar-refractivity contribution in [3.05, 3.63) is 45.8 Å². The van der Waals surface area contributed by atoms with Crippen molar-refractivity contribution in [3.8, 4) is 5.75 Å². The number of carboxylic acid groups (broad SMARTS) is 1. The Hall–Kier alpha value is -2.25. The molecule has 1 amide bonds. The lowest BCUT2D eigenvalue weighted by Crippen LogP contribution is -2.50. The SMILES string of the molecule is CN(C(=O)c1cc(COc2c(Cl)cccc2Cl)on1)C(C)(C)C(=O)O. The number of hydrogen-bond acceptors (Lipinski definition) is 5. The van der Waals surface area contributed by atoms with Gasteiger partial charge in [0, 0.05) is 13.1 Å². The molecule has 0 aliphatic carbocycles. The zero-order chi connectivity index (χ0) is 18.8. The van der Waals surface area contributed by atoms with Crippen molar-refractivity contribution >= 4 is 35.1 Å². The maximum absolute atomic E-state index is 12.3. The molecule has 25 heavy (non-hydrogen) atoms. The predicted octanol–water partition coefficient (Wildman–Crippen LogP) is 3.50. The number of aliphatic carboxylic acids is 1. The predicted molar refractivity (Wildman–Crippen MR) is 91.1 cm³/mol. The molecule has 0 bridgehead atoms. The number of nitrogens with zero attached hydrogens (tertiary/aromatic N) is 2. The third kappa shape index (κ3) is 4.05. The van der Waals surface area contributed by atoms with E-state index in [-0.39, 0.29) is 18.1 Å². The molecule has 1 aromatic carbocycles. The number of likely N-dealkylation sites (N-methyl/N-ethyl adjacent to an activating group) is 1. The molecule has 1 heterocycles. The Bertz CT molecular complexity index is 783. The number of aromatic nitrogens is 1. The van der Waals surface area contributed by atoms with Gasteiger partial charge in [-0.25, -0.2) is 4.79 Å². The van der Waals surface area contributed by atoms with Crippen molar-refractivity contribution in [2.24, 2.45) is 0 Å². The van der Waals surface area contributed by atoms with Crippen molar-refractivity contribution in [1.82, 2.24) is 10.1 Å². The third-order valence-corrected chi connectivity index (χ3v) is 4.32. The van der Waals surface area contributed by atoms with Crippen molar-refractivity contribution < 1.29 is 24.0 Å². The van der Waals surface area contributed by atoms with Crippen LogP contribution in [0.15, 0.2) is 28.8 Å². The molecular formula is C16H16Cl2N2O5. The fraction of sp³-hybridized carbons (Fsp3) is 0.312. The number of carbonyl (C=O) groups excluding carboxylic acids is 1. The molecule has 7 nitrogen and oxygen atoms in total. The minimum Gasteiger partial charge on any atom is -0.482 e. The largest absolute Gasteiger partial charge is 0.482 e. The van der Waals surface area contributed by atoms with E-state index in [1.54, 1.807) is 18.2 Å². The van der Waals surface area contributed by atoms with Crippen molar-refractivity contribution in [3.63, 3.8) is 0 Å². The lowest BCUT2D eigenvalue weighted by Gasteiger charge is -2.30. The molecule has 134 valence electrons. The van der Waals surface area contributed by atoms with Gasteiger partial charge in [-0.05, 0) is 26.0 Å². The first-order chi connectivity index (χ1) is 11.6. The number of carboxylic acids is 1. The highest BCUT2D eigenvalue weighted by atomic mass is 35.5. The third-order valence-electron chi connectivity index (χ3n) is 3.72. The second-order valence-corrected chi connectivity index (χ2v) is 6.56. The summed E-state index contributed by atoms with van der Waals surface area (Å²) >= 11 is 12.0. The van der Waals surface area contributed by atoms with E-state index >= 15 is 0 Å². The molecule has 2 rings (SSSR count). The van der Waals surface area contributed by atoms with E-state index in [0.29, 0.717) is 15.8 Å². The first-order valence-corrected chi connectivity index (χ1v) is 7.94. The molecule has 0 unspecified atom stereocenters. The molecule has 0 atom stereocenters. The quantitative estimate of drug-likeness (QED) is 0.816. The number of para-hydroxylation sites is 1. The number of carbonyl (C=O) groups is 2. The van der Waals surface area contributed by atoms with Gasteiger partial charge in [-0.1, -0.05) is 34.4 Å². The average Bonchev–Trinajstić information content (AvgIpc) is 3.01. The van der Waals surface area contributed by atoms with Gasteiger partial charge in [0.1, 0.15) is 12.1 Å². The van der Waals surface area contributed by atoms with Gasteiger partial charge < -0.3 is 19.3 Å². The Morgan fingerprint density at radius 3 is 2.48 bits per heavy atom. The second-order valence-electron chi connectivity index (χ2n) is 5.75. The van der Waals surface area contributed by atoms with E-state index in [2.05, 4.69) is 5.16 Å². The smallest absolute Gasteiger partial charge is 0.329 e. The maximum Gasteiger partial charge on any atom is 0.329 e. The Morgan fingerprint density at radius 1 is 1.32 bits per heavy atom. The zero-order valence-electron chi connectivity index (χ0n) is 13.7. The van der Waals surface area contributed by atoms with Gasteiger partial charge in [0.25, 0.3) is 5.91 Å². The van der Waals surface area contributed by atoms with Crippen LogP contribution in [-0.4, -0.2) is 39.6 Å². The van der Waals surface area contributed by atoms with Crippen LogP contribution in [0.3, 0.4) is 0 Å². The van der Waals surface area contributed by atoms with Crippen LogP contribution in [0.1, 0.15) is 30.1 Å². The van der Waals surface area contributed by atoms with Crippen LogP contribution in [0.25, 0.3) is 0 Å². The number of halogens is 2. The fourth-order valence-electron chi connectivity index (χ4n) is 1.81. The van der Waals surface area contributed by atoms with Crippen molar-refractivity contribution in [2.75, 3.05) is 7.05 Å². The summed E-state index contributed by atoms with van der Waals surface area (Å²) in [6.45, 7) is 2.78. The van der Waals surface area contributed by atoms with Crippen LogP contribution < -0.4 is 4.74 Å². The van der Waals surface area contributed by atoms with E-state index in [1.165, 1.54) is 27.0 Å². The Labute approximate surface area is 154 Å². The van der Waals surface area contributed by atoms with Gasteiger partial charge in [0.05, 0.1) is 10.0 Å². The highest BCUT2D eigenvalue weighted by Gasteiger charge is 2.36. The number of ether oxygens (including phenoxy) is 1. The van der Waals surface area contributed by atoms with E-state index in [1.807, 2.05) is 0 Å². The maximum atomic E-state index is 12.3. The summed E-state index contributed by atoms with van der Waals surface area (Å²) in [5.41, 5.74) is -1.42. The number of rotatable bonds is 6. The summed E-state index contributed by atoms with van der Waals surface area (Å²) in [7, 11) is 1.38. The summed E-state index contributed by atoms with van der Waals surface area (Å²) in [4.78, 5) is 24.7. The van der Waals surface area contributed by atoms with Crippen LogP contribution in [0.4, 0.5) is 0 Å². The van der Waals surface area contributed by atoms with Gasteiger partial charge in [0.2, 0.25) is 0 Å². The van der Waals surface area contributed by atoms with Crippen LogP contribution in [0, 0.1) is 0 Å². The zero-order valence-corrected chi connectivity index (χ0v) is 15.3. The highest BCUT2D eigenvalue weighted by Crippen LogP contribution is 2.33. The highest BCUT2D eigenvalue weighted by molar-refractivity contribution is 6.37. The molecule has 0 saturated heterocycles. The molecule has 0 radical (unpaired) electrons. The molecule has 0 aliphatic rings. The summed E-state index contributed by atoms with van der Waals surface area (Å²) in [5, 5.41) is 13.5. The van der Waals surface area contributed by atoms with E-state index < -0.39 is 17.4 Å². The minimum atomic E-state index is -1.39. The molecule has 0 aliphatic heterocycles. The molecule has 2 aromatic rings. The Morgan fingerprint density at radius 2 is 1.92 bits per heavy atom. The standard InChI is InChI=1S/C16H16Cl2N2O5/c1-16(2,15(22)23)20(3)14(21)12-7-9(25-19-12)8-24-13-10(17)5-4-6-11(13)18/h4-7H,8H2,1-3H3,(H,22,23). The van der Waals surface area contributed by atoms with Crippen LogP contribution in [0.5, 0.6) is 5.75 Å². The summed E-state index contributed by atoms with van der Waals surface area (Å²) in [5.74, 6) is -1.16. The summed E-state index contributed by atoms with van der Waals surface area (Å²) < 4.78 is 10.6. The molecule has 0 spiro atoms. The van der Waals surface area contributed by atoms with Crippen LogP contribution in [0.2, 0.25) is 10.0 Å². The van der Waals surface area contributed by atoms with Crippen LogP contribution >= 0.6 is 23.2 Å². The van der Waals surface area contributed by atoms with Crippen LogP contribution in [-0.2, 0) is 11.4 Å². The summed E-state index contributed by atoms with van der Waals surface area (Å²) in [6, 6.07) is 6.31. The molecule has 1 aromatic heterocycles. The van der Waals surface area contributed by atoms with Gasteiger partial charge in [-0.2, -0.15) is 0 Å². The Kier molecular flexibility index (Phi) is 5.59. The lowest BCUT2D eigenvalue weighted by molar-refractivity contribution is -0.147. The molecule has 0 saturated carbocycles. The molecule has 1 N–H and O–H groups in total. The minimum absolute atomic E-state index is 0.0271. The average molecular weight is 387 g/mol. The monoisotopic (exact) mass is 386 g/mol. The summed E-state index contributed by atoms with van der Waals surface area (Å²) in [6.07, 6.45) is 0. The first-order valence-electron chi connectivity index (χ1n) is 7.18. The number of benzene rings is 1. The van der Waals surface area contributed by atoms with E-state index in [4.69, 9.17) is 32.5 Å². The molecular weight excluding hydrogens is 371 g/mol. The second kappa shape index (κ2) is 7.33. The topological polar surface area (TPSA) is 92.9 Å². The molecule has 9 heteroatoms. The van der Waals surface area contributed by atoms with Gasteiger partial charge in [0.15, 0.2) is 17.2 Å².